The van der Waals surface area contributed by atoms with E-state index < -0.39 is 5.97 Å². The maximum absolute atomic E-state index is 11.4. The van der Waals surface area contributed by atoms with Crippen LogP contribution in [-0.2, 0) is 4.74 Å². The Bertz CT molecular complexity index is 570. The highest BCUT2D eigenvalue weighted by Crippen LogP contribution is 2.25. The number of carbonyl (C=O) groups excluding carboxylic acids is 1. The van der Waals surface area contributed by atoms with E-state index in [0.29, 0.717) is 16.3 Å². The first-order valence-electron chi connectivity index (χ1n) is 4.69. The van der Waals surface area contributed by atoms with Crippen molar-refractivity contribution in [3.8, 4) is 0 Å². The number of hydrogen-bond donors (Lipinski definition) is 1. The smallest absolute Gasteiger partial charge is 0.339 e. The van der Waals surface area contributed by atoms with Gasteiger partial charge in [0.25, 0.3) is 0 Å². The van der Waals surface area contributed by atoms with E-state index >= 15 is 0 Å². The summed E-state index contributed by atoms with van der Waals surface area (Å²) in [4.78, 5) is 11.4. The van der Waals surface area contributed by atoms with Gasteiger partial charge in [0, 0.05) is 10.7 Å². The Morgan fingerprint density at radius 2 is 1.94 bits per heavy atom. The standard InChI is InChI=1S/C12H10ClNO2.ClH/c1-16-12(15)10-5-8-4-9(13)3-2-7(8)6-11(10)14;/h2-6H,14H2,1H3;1H. The first-order chi connectivity index (χ1) is 7.61. The Hall–Kier alpha value is -1.45. The summed E-state index contributed by atoms with van der Waals surface area (Å²) < 4.78 is 4.64. The molecule has 0 atom stereocenters. The van der Waals surface area contributed by atoms with Crippen molar-refractivity contribution in [3.05, 3.63) is 40.9 Å². The van der Waals surface area contributed by atoms with Crippen molar-refractivity contribution < 1.29 is 9.53 Å². The second-order valence-corrected chi connectivity index (χ2v) is 3.86. The molecule has 0 spiro atoms. The molecule has 0 aromatic heterocycles. The van der Waals surface area contributed by atoms with Crippen molar-refractivity contribution in [1.82, 2.24) is 0 Å². The number of ether oxygens (including phenoxy) is 1. The summed E-state index contributed by atoms with van der Waals surface area (Å²) in [5.74, 6) is -0.445. The quantitative estimate of drug-likeness (QED) is 0.640. The molecule has 0 aliphatic rings. The van der Waals surface area contributed by atoms with Gasteiger partial charge in [0.1, 0.15) is 0 Å². The van der Waals surface area contributed by atoms with Gasteiger partial charge in [0.15, 0.2) is 0 Å². The molecule has 2 rings (SSSR count). The molecular formula is C12H11Cl2NO2. The number of nitrogens with two attached hydrogens (primary N) is 1. The Kier molecular flexibility index (Phi) is 4.21. The van der Waals surface area contributed by atoms with Gasteiger partial charge in [-0.1, -0.05) is 17.7 Å². The second kappa shape index (κ2) is 5.25. The lowest BCUT2D eigenvalue weighted by molar-refractivity contribution is 0.0602. The van der Waals surface area contributed by atoms with Crippen molar-refractivity contribution in [1.29, 1.82) is 0 Å². The predicted molar refractivity (Wildman–Crippen MR) is 72.0 cm³/mol. The minimum absolute atomic E-state index is 0. The molecule has 0 saturated carbocycles. The van der Waals surface area contributed by atoms with Crippen LogP contribution < -0.4 is 5.73 Å². The number of benzene rings is 2. The fraction of sp³-hybridized carbons (Fsp3) is 0.0833. The molecule has 0 bridgehead atoms. The van der Waals surface area contributed by atoms with Crippen LogP contribution in [0.4, 0.5) is 5.69 Å². The molecule has 0 radical (unpaired) electrons. The van der Waals surface area contributed by atoms with Crippen LogP contribution in [0.2, 0.25) is 5.02 Å². The van der Waals surface area contributed by atoms with Gasteiger partial charge in [-0.3, -0.25) is 0 Å². The highest BCUT2D eigenvalue weighted by atomic mass is 35.5. The van der Waals surface area contributed by atoms with Crippen molar-refractivity contribution >= 4 is 46.4 Å². The number of halogens is 2. The molecule has 2 aromatic carbocycles. The first kappa shape index (κ1) is 13.6. The highest BCUT2D eigenvalue weighted by Gasteiger charge is 2.11. The van der Waals surface area contributed by atoms with E-state index in [-0.39, 0.29) is 12.4 Å². The number of hydrogen-bond acceptors (Lipinski definition) is 3. The number of carbonyl (C=O) groups is 1. The molecular weight excluding hydrogens is 261 g/mol. The van der Waals surface area contributed by atoms with Gasteiger partial charge >= 0.3 is 5.97 Å². The summed E-state index contributed by atoms with van der Waals surface area (Å²) in [6.07, 6.45) is 0. The average Bonchev–Trinajstić information content (AvgIpc) is 2.28. The molecule has 0 unspecified atom stereocenters. The fourth-order valence-electron chi connectivity index (χ4n) is 1.57. The number of rotatable bonds is 1. The maximum atomic E-state index is 11.4. The molecule has 5 heteroatoms. The van der Waals surface area contributed by atoms with E-state index in [4.69, 9.17) is 17.3 Å². The number of nitrogen functional groups attached to an aromatic ring is 1. The molecule has 90 valence electrons. The van der Waals surface area contributed by atoms with Gasteiger partial charge < -0.3 is 10.5 Å². The van der Waals surface area contributed by atoms with Crippen LogP contribution in [-0.4, -0.2) is 13.1 Å². The number of esters is 1. The summed E-state index contributed by atoms with van der Waals surface area (Å²) in [6.45, 7) is 0. The van der Waals surface area contributed by atoms with Gasteiger partial charge in [0.2, 0.25) is 0 Å². The molecule has 0 saturated heterocycles. The van der Waals surface area contributed by atoms with Crippen molar-refractivity contribution in [3.63, 3.8) is 0 Å². The van der Waals surface area contributed by atoms with Crippen LogP contribution in [0, 0.1) is 0 Å². The van der Waals surface area contributed by atoms with Gasteiger partial charge in [-0.15, -0.1) is 12.4 Å². The lowest BCUT2D eigenvalue weighted by Crippen LogP contribution is -2.05. The van der Waals surface area contributed by atoms with E-state index in [1.165, 1.54) is 7.11 Å². The third-order valence-electron chi connectivity index (χ3n) is 2.38. The fourth-order valence-corrected chi connectivity index (χ4v) is 1.75. The van der Waals surface area contributed by atoms with E-state index in [1.807, 2.05) is 6.07 Å². The Morgan fingerprint density at radius 3 is 2.59 bits per heavy atom. The normalized spacial score (nSPS) is 9.76. The molecule has 3 nitrogen and oxygen atoms in total. The number of fused-ring (bicyclic) bond motifs is 1. The molecule has 17 heavy (non-hydrogen) atoms. The van der Waals surface area contributed by atoms with E-state index in [9.17, 15) is 4.79 Å². The second-order valence-electron chi connectivity index (χ2n) is 3.42. The van der Waals surface area contributed by atoms with Crippen molar-refractivity contribution in [2.75, 3.05) is 12.8 Å². The molecule has 0 aliphatic carbocycles. The van der Waals surface area contributed by atoms with Gasteiger partial charge in [0.05, 0.1) is 12.7 Å². The largest absolute Gasteiger partial charge is 0.465 e. The number of methoxy groups -OCH3 is 1. The Balaban J connectivity index is 0.00000144. The highest BCUT2D eigenvalue weighted by molar-refractivity contribution is 6.31. The molecule has 0 aliphatic heterocycles. The van der Waals surface area contributed by atoms with E-state index in [2.05, 4.69) is 4.74 Å². The summed E-state index contributed by atoms with van der Waals surface area (Å²) in [6, 6.07) is 8.83. The van der Waals surface area contributed by atoms with Crippen LogP contribution in [0.5, 0.6) is 0 Å². The Labute approximate surface area is 110 Å². The van der Waals surface area contributed by atoms with E-state index in [1.54, 1.807) is 24.3 Å². The Morgan fingerprint density at radius 1 is 1.24 bits per heavy atom. The average molecular weight is 272 g/mol. The SMILES string of the molecule is COC(=O)c1cc2cc(Cl)ccc2cc1N.Cl. The summed E-state index contributed by atoms with van der Waals surface area (Å²) in [5, 5.41) is 2.42. The van der Waals surface area contributed by atoms with E-state index in [0.717, 1.165) is 10.8 Å². The van der Waals surface area contributed by atoms with Crippen LogP contribution in [0.1, 0.15) is 10.4 Å². The minimum atomic E-state index is -0.445. The van der Waals surface area contributed by atoms with Crippen molar-refractivity contribution in [2.45, 2.75) is 0 Å². The topological polar surface area (TPSA) is 52.3 Å². The molecule has 2 N–H and O–H groups in total. The number of anilines is 1. The summed E-state index contributed by atoms with van der Waals surface area (Å²) >= 11 is 5.88. The van der Waals surface area contributed by atoms with Gasteiger partial charge in [-0.05, 0) is 35.0 Å². The lowest BCUT2D eigenvalue weighted by atomic mass is 10.1. The predicted octanol–water partition coefficient (Wildman–Crippen LogP) is 3.28. The lowest BCUT2D eigenvalue weighted by Gasteiger charge is -2.06. The molecule has 0 fully saturated rings. The van der Waals surface area contributed by atoms with Crippen LogP contribution in [0.3, 0.4) is 0 Å². The zero-order valence-electron chi connectivity index (χ0n) is 9.07. The zero-order valence-corrected chi connectivity index (χ0v) is 10.6. The molecule has 0 amide bonds. The monoisotopic (exact) mass is 271 g/mol. The summed E-state index contributed by atoms with van der Waals surface area (Å²) in [5.41, 5.74) is 6.53. The maximum Gasteiger partial charge on any atom is 0.339 e. The summed E-state index contributed by atoms with van der Waals surface area (Å²) in [7, 11) is 1.32. The first-order valence-corrected chi connectivity index (χ1v) is 5.06. The van der Waals surface area contributed by atoms with Gasteiger partial charge in [-0.2, -0.15) is 0 Å². The molecule has 0 heterocycles. The van der Waals surface area contributed by atoms with Gasteiger partial charge in [-0.25, -0.2) is 4.79 Å². The van der Waals surface area contributed by atoms with Crippen LogP contribution in [0.25, 0.3) is 10.8 Å². The minimum Gasteiger partial charge on any atom is -0.465 e. The zero-order chi connectivity index (χ0) is 11.7. The van der Waals surface area contributed by atoms with Crippen LogP contribution >= 0.6 is 24.0 Å². The third kappa shape index (κ3) is 2.62. The van der Waals surface area contributed by atoms with Crippen LogP contribution in [0.15, 0.2) is 30.3 Å². The third-order valence-corrected chi connectivity index (χ3v) is 2.61. The molecule has 2 aromatic rings. The van der Waals surface area contributed by atoms with Crippen molar-refractivity contribution in [2.24, 2.45) is 0 Å².